The minimum atomic E-state index is -0.610. The number of hydrogen-bond acceptors (Lipinski definition) is 6. The normalized spacial score (nSPS) is 24.4. The van der Waals surface area contributed by atoms with Gasteiger partial charge in [0.25, 0.3) is 5.89 Å². The second kappa shape index (κ2) is 6.83. The number of nitrogens with one attached hydrogen (secondary N) is 1. The molecule has 1 saturated carbocycles. The summed E-state index contributed by atoms with van der Waals surface area (Å²) < 4.78 is 7.53. The van der Waals surface area contributed by atoms with Gasteiger partial charge in [-0.3, -0.25) is 14.4 Å². The molecule has 1 aliphatic heterocycles. The average Bonchev–Trinajstić information content (AvgIpc) is 3.34. The minimum Gasteiger partial charge on any atom is -0.341 e. The van der Waals surface area contributed by atoms with E-state index < -0.39 is 5.54 Å². The molecule has 1 saturated heterocycles. The first-order valence-electron chi connectivity index (χ1n) is 9.40. The van der Waals surface area contributed by atoms with Crippen LogP contribution in [0.2, 0.25) is 0 Å². The molecular weight excluding hydrogens is 332 g/mol. The second-order valence-corrected chi connectivity index (χ2v) is 7.60. The van der Waals surface area contributed by atoms with Crippen LogP contribution in [0.4, 0.5) is 0 Å². The van der Waals surface area contributed by atoms with Crippen LogP contribution in [0.3, 0.4) is 0 Å². The van der Waals surface area contributed by atoms with Crippen LogP contribution >= 0.6 is 0 Å². The predicted molar refractivity (Wildman–Crippen MR) is 94.2 cm³/mol. The third-order valence-corrected chi connectivity index (χ3v) is 5.45. The molecule has 2 aromatic rings. The topological polar surface area (TPSA) is 89.1 Å². The molecule has 0 spiro atoms. The van der Waals surface area contributed by atoms with E-state index in [0.717, 1.165) is 25.2 Å². The lowest BCUT2D eigenvalue weighted by molar-refractivity contribution is -0.121. The first-order chi connectivity index (χ1) is 12.5. The maximum atomic E-state index is 11.8. The third-order valence-electron chi connectivity index (χ3n) is 5.45. The molecule has 1 unspecified atom stereocenters. The molecule has 0 aromatic carbocycles. The number of hydrogen-bond donors (Lipinski definition) is 1. The lowest BCUT2D eigenvalue weighted by atomic mass is 9.98. The highest BCUT2D eigenvalue weighted by Crippen LogP contribution is 2.32. The zero-order valence-electron chi connectivity index (χ0n) is 15.4. The van der Waals surface area contributed by atoms with Gasteiger partial charge in [-0.05, 0) is 32.3 Å². The van der Waals surface area contributed by atoms with Crippen molar-refractivity contribution in [2.45, 2.75) is 64.1 Å². The molecular formula is C18H26N6O2. The largest absolute Gasteiger partial charge is 0.341 e. The van der Waals surface area contributed by atoms with Crippen LogP contribution < -0.4 is 5.32 Å². The van der Waals surface area contributed by atoms with E-state index >= 15 is 0 Å². The second-order valence-electron chi connectivity index (χ2n) is 7.60. The van der Waals surface area contributed by atoms with Crippen molar-refractivity contribution in [2.24, 2.45) is 0 Å². The molecule has 8 nitrogen and oxygen atoms in total. The monoisotopic (exact) mass is 358 g/mol. The standard InChI is InChI=1S/C18H26N6O2/c1-13-19-17(26-22-13)18(20-14(2)25)8-10-23(12-18)11-15-7-9-24(21-15)16-5-3-4-6-16/h7,9,16H,3-6,8,10-12H2,1-2H3,(H,20,25). The Hall–Kier alpha value is -2.22. The van der Waals surface area contributed by atoms with Crippen molar-refractivity contribution in [3.8, 4) is 0 Å². The van der Waals surface area contributed by atoms with Crippen LogP contribution in [0.25, 0.3) is 0 Å². The fraction of sp³-hybridized carbons (Fsp3) is 0.667. The quantitative estimate of drug-likeness (QED) is 0.878. The smallest absolute Gasteiger partial charge is 0.253 e. The van der Waals surface area contributed by atoms with E-state index in [1.54, 1.807) is 6.92 Å². The number of rotatable bonds is 5. The van der Waals surface area contributed by atoms with E-state index in [9.17, 15) is 4.79 Å². The Morgan fingerprint density at radius 3 is 2.92 bits per heavy atom. The van der Waals surface area contributed by atoms with E-state index in [2.05, 4.69) is 37.3 Å². The highest BCUT2D eigenvalue weighted by atomic mass is 16.5. The summed E-state index contributed by atoms with van der Waals surface area (Å²) in [7, 11) is 0. The van der Waals surface area contributed by atoms with E-state index in [4.69, 9.17) is 9.62 Å². The Labute approximate surface area is 152 Å². The number of carbonyl (C=O) groups excluding carboxylic acids is 1. The average molecular weight is 358 g/mol. The molecule has 1 aliphatic carbocycles. The molecule has 4 rings (SSSR count). The molecule has 2 aliphatic rings. The summed E-state index contributed by atoms with van der Waals surface area (Å²) in [5.74, 6) is 0.982. The van der Waals surface area contributed by atoms with Crippen molar-refractivity contribution in [2.75, 3.05) is 13.1 Å². The summed E-state index contributed by atoms with van der Waals surface area (Å²) in [5.41, 5.74) is 0.457. The van der Waals surface area contributed by atoms with Gasteiger partial charge in [0.15, 0.2) is 5.82 Å². The number of likely N-dealkylation sites (tertiary alicyclic amines) is 1. The third kappa shape index (κ3) is 3.38. The summed E-state index contributed by atoms with van der Waals surface area (Å²) >= 11 is 0. The zero-order chi connectivity index (χ0) is 18.1. The molecule has 3 heterocycles. The van der Waals surface area contributed by atoms with Gasteiger partial charge in [0.2, 0.25) is 5.91 Å². The van der Waals surface area contributed by atoms with Crippen molar-refractivity contribution in [1.82, 2.24) is 30.1 Å². The van der Waals surface area contributed by atoms with Gasteiger partial charge < -0.3 is 9.84 Å². The first kappa shape index (κ1) is 17.2. The molecule has 2 fully saturated rings. The molecule has 8 heteroatoms. The number of nitrogens with zero attached hydrogens (tertiary/aromatic N) is 5. The van der Waals surface area contributed by atoms with Crippen LogP contribution in [0.1, 0.15) is 62.5 Å². The SMILES string of the molecule is CC(=O)NC1(c2nc(C)no2)CCN(Cc2ccn(C3CCCC3)n2)C1. The molecule has 0 bridgehead atoms. The van der Waals surface area contributed by atoms with Gasteiger partial charge >= 0.3 is 0 Å². The number of aryl methyl sites for hydroxylation is 1. The number of amides is 1. The summed E-state index contributed by atoms with van der Waals surface area (Å²) in [6, 6.07) is 2.66. The van der Waals surface area contributed by atoms with E-state index in [0.29, 0.717) is 24.3 Å². The van der Waals surface area contributed by atoms with Gasteiger partial charge in [-0.15, -0.1) is 0 Å². The Morgan fingerprint density at radius 2 is 2.23 bits per heavy atom. The van der Waals surface area contributed by atoms with Crippen LogP contribution in [-0.4, -0.2) is 43.8 Å². The van der Waals surface area contributed by atoms with Crippen molar-refractivity contribution in [1.29, 1.82) is 0 Å². The van der Waals surface area contributed by atoms with Gasteiger partial charge in [0.1, 0.15) is 5.54 Å². The highest BCUT2D eigenvalue weighted by Gasteiger charge is 2.45. The summed E-state index contributed by atoms with van der Waals surface area (Å²) in [5, 5.41) is 11.7. The van der Waals surface area contributed by atoms with Crippen LogP contribution in [-0.2, 0) is 16.9 Å². The Balaban J connectivity index is 1.46. The molecule has 140 valence electrons. The lowest BCUT2D eigenvalue weighted by Crippen LogP contribution is -2.47. The number of aromatic nitrogens is 4. The van der Waals surface area contributed by atoms with Crippen LogP contribution in [0, 0.1) is 6.92 Å². The molecule has 1 amide bonds. The van der Waals surface area contributed by atoms with Gasteiger partial charge in [-0.25, -0.2) is 0 Å². The maximum Gasteiger partial charge on any atom is 0.253 e. The van der Waals surface area contributed by atoms with Gasteiger partial charge in [0, 0.05) is 32.8 Å². The minimum absolute atomic E-state index is 0.0896. The number of carbonyl (C=O) groups is 1. The lowest BCUT2D eigenvalue weighted by Gasteiger charge is -2.26. The van der Waals surface area contributed by atoms with E-state index in [-0.39, 0.29) is 5.91 Å². The highest BCUT2D eigenvalue weighted by molar-refractivity contribution is 5.74. The zero-order valence-corrected chi connectivity index (χ0v) is 15.4. The summed E-state index contributed by atoms with van der Waals surface area (Å²) in [4.78, 5) is 18.4. The molecule has 2 aromatic heterocycles. The summed E-state index contributed by atoms with van der Waals surface area (Å²) in [6.07, 6.45) is 7.91. The Kier molecular flexibility index (Phi) is 4.52. The fourth-order valence-corrected chi connectivity index (χ4v) is 4.25. The molecule has 0 radical (unpaired) electrons. The van der Waals surface area contributed by atoms with Gasteiger partial charge in [-0.1, -0.05) is 18.0 Å². The van der Waals surface area contributed by atoms with Crippen molar-refractivity contribution < 1.29 is 9.32 Å². The summed E-state index contributed by atoms with van der Waals surface area (Å²) in [6.45, 7) is 5.56. The van der Waals surface area contributed by atoms with Gasteiger partial charge in [0.05, 0.1) is 11.7 Å². The van der Waals surface area contributed by atoms with Crippen molar-refractivity contribution in [3.63, 3.8) is 0 Å². The van der Waals surface area contributed by atoms with Crippen molar-refractivity contribution in [3.05, 3.63) is 29.7 Å². The Morgan fingerprint density at radius 1 is 1.42 bits per heavy atom. The van der Waals surface area contributed by atoms with Crippen LogP contribution in [0.15, 0.2) is 16.8 Å². The predicted octanol–water partition coefficient (Wildman–Crippen LogP) is 1.93. The van der Waals surface area contributed by atoms with E-state index in [1.807, 2.05) is 0 Å². The maximum absolute atomic E-state index is 11.8. The molecule has 26 heavy (non-hydrogen) atoms. The first-order valence-corrected chi connectivity index (χ1v) is 9.40. The van der Waals surface area contributed by atoms with Gasteiger partial charge in [-0.2, -0.15) is 10.1 Å². The van der Waals surface area contributed by atoms with E-state index in [1.165, 1.54) is 32.6 Å². The van der Waals surface area contributed by atoms with Crippen LogP contribution in [0.5, 0.6) is 0 Å². The molecule has 1 atom stereocenters. The molecule has 1 N–H and O–H groups in total. The Bertz CT molecular complexity index is 778. The fourth-order valence-electron chi connectivity index (χ4n) is 4.25. The van der Waals surface area contributed by atoms with Crippen molar-refractivity contribution >= 4 is 5.91 Å².